The highest BCUT2D eigenvalue weighted by molar-refractivity contribution is 5.70. The lowest BCUT2D eigenvalue weighted by atomic mass is 9.99. The number of aryl methyl sites for hydroxylation is 3. The van der Waals surface area contributed by atoms with Crippen molar-refractivity contribution in [1.82, 2.24) is 9.55 Å². The maximum absolute atomic E-state index is 13.7. The molecular formula is C31H31N3O2. The molecule has 0 saturated carbocycles. The van der Waals surface area contributed by atoms with E-state index in [4.69, 9.17) is 9.72 Å². The molecule has 5 heteroatoms. The zero-order valence-electron chi connectivity index (χ0n) is 21.1. The monoisotopic (exact) mass is 477 g/mol. The van der Waals surface area contributed by atoms with E-state index in [0.29, 0.717) is 42.1 Å². The Balaban J connectivity index is 1.71. The van der Waals surface area contributed by atoms with Crippen LogP contribution in [0, 0.1) is 11.3 Å². The van der Waals surface area contributed by atoms with Crippen molar-refractivity contribution in [2.75, 3.05) is 0 Å². The normalized spacial score (nSPS) is 10.7. The second kappa shape index (κ2) is 11.5. The van der Waals surface area contributed by atoms with E-state index >= 15 is 0 Å². The molecule has 0 saturated heterocycles. The molecule has 3 aromatic carbocycles. The fourth-order valence-electron chi connectivity index (χ4n) is 4.30. The summed E-state index contributed by atoms with van der Waals surface area (Å²) in [6, 6.07) is 25.7. The Morgan fingerprint density at radius 2 is 1.69 bits per heavy atom. The second-order valence-electron chi connectivity index (χ2n) is 8.76. The van der Waals surface area contributed by atoms with Gasteiger partial charge in [-0.2, -0.15) is 5.26 Å². The Hall–Kier alpha value is -4.17. The molecule has 5 nitrogen and oxygen atoms in total. The summed E-state index contributed by atoms with van der Waals surface area (Å²) < 4.78 is 7.90. The van der Waals surface area contributed by atoms with Gasteiger partial charge in [-0.25, -0.2) is 4.98 Å². The van der Waals surface area contributed by atoms with Crippen molar-refractivity contribution in [3.8, 4) is 28.7 Å². The van der Waals surface area contributed by atoms with Crippen LogP contribution in [0.25, 0.3) is 11.1 Å². The van der Waals surface area contributed by atoms with Crippen LogP contribution in [0.15, 0.2) is 77.6 Å². The third-order valence-corrected chi connectivity index (χ3v) is 6.27. The standard InChI is InChI=1S/C31H31N3O2/c1-4-10-29-33-28(6-3)30(36-26-13-9-11-22(5-2)19-26)31(35)34(29)21-23-15-17-24(18-16-23)27-14-8-7-12-25(27)20-32/h7-9,11-19H,4-6,10,21H2,1-3H3. The van der Waals surface area contributed by atoms with Crippen LogP contribution in [-0.2, 0) is 25.8 Å². The predicted molar refractivity (Wildman–Crippen MR) is 143 cm³/mol. The van der Waals surface area contributed by atoms with Gasteiger partial charge in [0.25, 0.3) is 5.56 Å². The van der Waals surface area contributed by atoms with Crippen LogP contribution in [0.5, 0.6) is 11.5 Å². The Bertz CT molecular complexity index is 1450. The van der Waals surface area contributed by atoms with Gasteiger partial charge < -0.3 is 4.74 Å². The summed E-state index contributed by atoms with van der Waals surface area (Å²) in [7, 11) is 0. The molecule has 4 aromatic rings. The molecule has 0 aliphatic carbocycles. The van der Waals surface area contributed by atoms with Crippen LogP contribution in [0.3, 0.4) is 0 Å². The SMILES string of the molecule is CCCc1nc(CC)c(Oc2cccc(CC)c2)c(=O)n1Cc1ccc(-c2ccccc2C#N)cc1. The topological polar surface area (TPSA) is 67.9 Å². The zero-order valence-corrected chi connectivity index (χ0v) is 21.1. The van der Waals surface area contributed by atoms with Gasteiger partial charge in [-0.1, -0.05) is 75.4 Å². The molecule has 182 valence electrons. The molecular weight excluding hydrogens is 446 g/mol. The first-order valence-corrected chi connectivity index (χ1v) is 12.6. The first kappa shape index (κ1) is 24.9. The van der Waals surface area contributed by atoms with E-state index < -0.39 is 0 Å². The van der Waals surface area contributed by atoms with Crippen molar-refractivity contribution in [1.29, 1.82) is 5.26 Å². The number of ether oxygens (including phenoxy) is 1. The number of rotatable bonds is 9. The Morgan fingerprint density at radius 3 is 2.39 bits per heavy atom. The summed E-state index contributed by atoms with van der Waals surface area (Å²) in [6.45, 7) is 6.57. The van der Waals surface area contributed by atoms with Gasteiger partial charge in [-0.3, -0.25) is 9.36 Å². The molecule has 0 N–H and O–H groups in total. The van der Waals surface area contributed by atoms with Crippen LogP contribution in [0.2, 0.25) is 0 Å². The summed E-state index contributed by atoms with van der Waals surface area (Å²) in [4.78, 5) is 18.6. The molecule has 0 unspecified atom stereocenters. The third kappa shape index (κ3) is 5.39. The average Bonchev–Trinajstić information content (AvgIpc) is 2.92. The molecule has 0 amide bonds. The van der Waals surface area contributed by atoms with Gasteiger partial charge in [-0.15, -0.1) is 0 Å². The Labute approximate surface area is 212 Å². The van der Waals surface area contributed by atoms with Gasteiger partial charge >= 0.3 is 0 Å². The smallest absolute Gasteiger partial charge is 0.297 e. The maximum atomic E-state index is 13.7. The van der Waals surface area contributed by atoms with Crippen molar-refractivity contribution < 1.29 is 4.74 Å². The van der Waals surface area contributed by atoms with Gasteiger partial charge in [0.1, 0.15) is 11.6 Å². The minimum absolute atomic E-state index is 0.161. The van der Waals surface area contributed by atoms with Crippen molar-refractivity contribution in [3.63, 3.8) is 0 Å². The molecule has 0 spiro atoms. The molecule has 0 atom stereocenters. The predicted octanol–water partition coefficient (Wildman–Crippen LogP) is 6.70. The van der Waals surface area contributed by atoms with Gasteiger partial charge in [-0.05, 0) is 59.7 Å². The number of nitrogens with zero attached hydrogens (tertiary/aromatic N) is 3. The van der Waals surface area contributed by atoms with E-state index in [1.165, 1.54) is 0 Å². The Kier molecular flexibility index (Phi) is 7.97. The summed E-state index contributed by atoms with van der Waals surface area (Å²) in [5.41, 5.74) is 5.17. The van der Waals surface area contributed by atoms with E-state index in [-0.39, 0.29) is 5.56 Å². The highest BCUT2D eigenvalue weighted by Crippen LogP contribution is 2.25. The van der Waals surface area contributed by atoms with Gasteiger partial charge in [0.15, 0.2) is 0 Å². The lowest BCUT2D eigenvalue weighted by molar-refractivity contribution is 0.450. The first-order valence-electron chi connectivity index (χ1n) is 12.6. The molecule has 0 aliphatic heterocycles. The summed E-state index contributed by atoms with van der Waals surface area (Å²) >= 11 is 0. The molecule has 36 heavy (non-hydrogen) atoms. The fraction of sp³-hybridized carbons (Fsp3) is 0.258. The molecule has 4 rings (SSSR count). The molecule has 0 bridgehead atoms. The first-order chi connectivity index (χ1) is 17.6. The van der Waals surface area contributed by atoms with Crippen molar-refractivity contribution >= 4 is 0 Å². The van der Waals surface area contributed by atoms with Crippen LogP contribution in [0.1, 0.15) is 55.4 Å². The number of nitriles is 1. The van der Waals surface area contributed by atoms with Crippen molar-refractivity contribution in [3.05, 3.63) is 111 Å². The fourth-order valence-corrected chi connectivity index (χ4v) is 4.30. The minimum atomic E-state index is -0.161. The highest BCUT2D eigenvalue weighted by atomic mass is 16.5. The van der Waals surface area contributed by atoms with E-state index in [9.17, 15) is 10.1 Å². The van der Waals surface area contributed by atoms with Gasteiger partial charge in [0.2, 0.25) is 5.75 Å². The molecule has 1 aromatic heterocycles. The molecule has 1 heterocycles. The van der Waals surface area contributed by atoms with Crippen LogP contribution >= 0.6 is 0 Å². The van der Waals surface area contributed by atoms with Crippen LogP contribution < -0.4 is 10.3 Å². The van der Waals surface area contributed by atoms with E-state index in [1.54, 1.807) is 4.57 Å². The van der Waals surface area contributed by atoms with E-state index in [1.807, 2.05) is 79.7 Å². The third-order valence-electron chi connectivity index (χ3n) is 6.27. The lowest BCUT2D eigenvalue weighted by Gasteiger charge is -2.17. The molecule has 0 radical (unpaired) electrons. The van der Waals surface area contributed by atoms with Gasteiger partial charge in [0, 0.05) is 6.42 Å². The Morgan fingerprint density at radius 1 is 0.917 bits per heavy atom. The number of hydrogen-bond donors (Lipinski definition) is 0. The molecule has 0 fully saturated rings. The van der Waals surface area contributed by atoms with E-state index in [2.05, 4.69) is 19.9 Å². The maximum Gasteiger partial charge on any atom is 0.297 e. The summed E-state index contributed by atoms with van der Waals surface area (Å²) in [6.07, 6.45) is 3.10. The minimum Gasteiger partial charge on any atom is -0.450 e. The van der Waals surface area contributed by atoms with Crippen molar-refractivity contribution in [2.24, 2.45) is 0 Å². The average molecular weight is 478 g/mol. The number of benzene rings is 3. The second-order valence-corrected chi connectivity index (χ2v) is 8.76. The summed E-state index contributed by atoms with van der Waals surface area (Å²) in [5, 5.41) is 9.44. The van der Waals surface area contributed by atoms with Crippen LogP contribution in [-0.4, -0.2) is 9.55 Å². The number of aromatic nitrogens is 2. The molecule has 0 aliphatic rings. The quantitative estimate of drug-likeness (QED) is 0.269. The summed E-state index contributed by atoms with van der Waals surface area (Å²) in [5.74, 6) is 1.72. The highest BCUT2D eigenvalue weighted by Gasteiger charge is 2.18. The van der Waals surface area contributed by atoms with E-state index in [0.717, 1.165) is 40.9 Å². The van der Waals surface area contributed by atoms with Crippen LogP contribution in [0.4, 0.5) is 0 Å². The van der Waals surface area contributed by atoms with Gasteiger partial charge in [0.05, 0.1) is 23.9 Å². The van der Waals surface area contributed by atoms with Crippen molar-refractivity contribution in [2.45, 2.75) is 53.0 Å². The largest absolute Gasteiger partial charge is 0.450 e. The number of hydrogen-bond acceptors (Lipinski definition) is 4. The zero-order chi connectivity index (χ0) is 25.5. The lowest BCUT2D eigenvalue weighted by Crippen LogP contribution is -2.28.